The molecule has 0 saturated carbocycles. The summed E-state index contributed by atoms with van der Waals surface area (Å²) in [6.07, 6.45) is 0.203. The first-order chi connectivity index (χ1) is 28.3. The number of carbonyl (C=O) groups is 2. The van der Waals surface area contributed by atoms with Crippen molar-refractivity contribution in [2.24, 2.45) is 0 Å². The van der Waals surface area contributed by atoms with Crippen molar-refractivity contribution >= 4 is 23.3 Å². The van der Waals surface area contributed by atoms with Crippen LogP contribution >= 0.6 is 0 Å². The first kappa shape index (κ1) is 50.8. The zero-order chi connectivity index (χ0) is 41.8. The van der Waals surface area contributed by atoms with Crippen LogP contribution in [0.15, 0.2) is 48.5 Å². The summed E-state index contributed by atoms with van der Waals surface area (Å²) in [7, 11) is 0. The number of hydrogen-bond donors (Lipinski definition) is 1. The van der Waals surface area contributed by atoms with Gasteiger partial charge in [0.1, 0.15) is 13.2 Å². The van der Waals surface area contributed by atoms with E-state index in [1.807, 2.05) is 0 Å². The average Bonchev–Trinajstić information content (AvgIpc) is 3.21. The smallest absolute Gasteiger partial charge is 0.416 e. The van der Waals surface area contributed by atoms with E-state index in [0.717, 1.165) is 37.8 Å². The van der Waals surface area contributed by atoms with E-state index in [1.165, 1.54) is 18.2 Å². The van der Waals surface area contributed by atoms with Gasteiger partial charge in [0.15, 0.2) is 0 Å². The summed E-state index contributed by atoms with van der Waals surface area (Å²) in [4.78, 5) is 24.2. The van der Waals surface area contributed by atoms with Crippen LogP contribution in [-0.2, 0) is 63.1 Å². The van der Waals surface area contributed by atoms with Crippen molar-refractivity contribution in [1.82, 2.24) is 0 Å². The van der Waals surface area contributed by atoms with Gasteiger partial charge in [-0.15, -0.1) is 0 Å². The van der Waals surface area contributed by atoms with Crippen LogP contribution < -0.4 is 5.32 Å². The number of nitrogens with one attached hydrogen (secondary N) is 1. The lowest BCUT2D eigenvalue weighted by molar-refractivity contribution is -0.145. The van der Waals surface area contributed by atoms with Gasteiger partial charge in [0.25, 0.3) is 0 Å². The van der Waals surface area contributed by atoms with Gasteiger partial charge in [-0.05, 0) is 36.8 Å². The molecule has 0 fully saturated rings. The summed E-state index contributed by atoms with van der Waals surface area (Å²) in [6.45, 7) is 9.66. The Hall–Kier alpha value is -3.39. The monoisotopic (exact) mass is 833 g/mol. The molecule has 0 unspecified atom stereocenters. The van der Waals surface area contributed by atoms with Gasteiger partial charge >= 0.3 is 18.1 Å². The normalized spacial score (nSPS) is 11.5. The molecular weight excluding hydrogens is 771 g/mol. The minimum atomic E-state index is -4.48. The van der Waals surface area contributed by atoms with Crippen LogP contribution in [0.25, 0.3) is 0 Å². The molecule has 0 bridgehead atoms. The van der Waals surface area contributed by atoms with Gasteiger partial charge in [-0.1, -0.05) is 44.4 Å². The predicted molar refractivity (Wildman–Crippen MR) is 209 cm³/mol. The number of hydrogen-bond acceptors (Lipinski definition) is 14. The van der Waals surface area contributed by atoms with Crippen LogP contribution in [0.5, 0.6) is 0 Å². The van der Waals surface area contributed by atoms with E-state index >= 15 is 0 Å². The minimum Gasteiger partial charge on any atom is -0.463 e. The third-order valence-electron chi connectivity index (χ3n) is 7.78. The predicted octanol–water partition coefficient (Wildman–Crippen LogP) is 6.27. The fourth-order valence-corrected chi connectivity index (χ4v) is 4.81. The number of anilines is 2. The zero-order valence-electron chi connectivity index (χ0n) is 33.7. The third-order valence-corrected chi connectivity index (χ3v) is 7.78. The number of unbranched alkanes of at least 4 members (excludes halogenated alkanes) is 3. The lowest BCUT2D eigenvalue weighted by Gasteiger charge is -2.13. The summed E-state index contributed by atoms with van der Waals surface area (Å²) in [5.41, 5.74) is -0.103. The number of alkyl halides is 3. The fraction of sp³-hybridized carbons (Fsp3) is 0.659. The molecule has 2 aromatic carbocycles. The van der Waals surface area contributed by atoms with E-state index in [-0.39, 0.29) is 37.0 Å². The second-order valence-corrected chi connectivity index (χ2v) is 12.4. The Morgan fingerprint density at radius 2 is 0.948 bits per heavy atom. The Balaban J connectivity index is 1.27. The van der Waals surface area contributed by atoms with Crippen LogP contribution in [0.1, 0.15) is 54.9 Å². The van der Waals surface area contributed by atoms with Gasteiger partial charge in [0, 0.05) is 12.1 Å². The van der Waals surface area contributed by atoms with Gasteiger partial charge in [0.05, 0.1) is 136 Å². The Bertz CT molecular complexity index is 1320. The van der Waals surface area contributed by atoms with Crippen LogP contribution in [0.3, 0.4) is 0 Å². The van der Waals surface area contributed by atoms with Gasteiger partial charge in [-0.2, -0.15) is 13.2 Å². The fourth-order valence-electron chi connectivity index (χ4n) is 4.81. The Kier molecular flexibility index (Phi) is 30.2. The molecule has 0 aliphatic rings. The standard InChI is InChI=1S/C41H62F3NO13/c1-2-3-4-5-13-39(46)57-32-30-55-28-26-53-24-22-51-20-18-49-16-14-48-15-17-50-19-21-52-23-25-54-27-29-56-31-33-58-40(47)37-11-6-7-12-38(37)45-36-10-8-9-35(34-36)41(42,43)44/h6-12,34,45H,2-5,13-33H2,1H3. The van der Waals surface area contributed by atoms with E-state index < -0.39 is 17.7 Å². The minimum absolute atomic E-state index is 0.00633. The topological polar surface area (TPSA) is 148 Å². The molecule has 0 aliphatic carbocycles. The largest absolute Gasteiger partial charge is 0.463 e. The zero-order valence-corrected chi connectivity index (χ0v) is 33.7. The number of para-hydroxylation sites is 1. The Morgan fingerprint density at radius 3 is 1.40 bits per heavy atom. The average molecular weight is 834 g/mol. The van der Waals surface area contributed by atoms with Crippen molar-refractivity contribution in [3.63, 3.8) is 0 Å². The lowest BCUT2D eigenvalue weighted by atomic mass is 10.1. The summed E-state index contributed by atoms with van der Waals surface area (Å²) in [5.74, 6) is -0.801. The second kappa shape index (κ2) is 34.5. The molecule has 0 heterocycles. The molecule has 17 heteroatoms. The van der Waals surface area contributed by atoms with E-state index in [0.29, 0.717) is 124 Å². The van der Waals surface area contributed by atoms with E-state index in [2.05, 4.69) is 12.2 Å². The molecule has 0 saturated heterocycles. The first-order valence-corrected chi connectivity index (χ1v) is 19.9. The van der Waals surface area contributed by atoms with Crippen molar-refractivity contribution in [3.05, 3.63) is 59.7 Å². The molecule has 0 aromatic heterocycles. The van der Waals surface area contributed by atoms with Gasteiger partial charge in [-0.3, -0.25) is 4.79 Å². The second-order valence-electron chi connectivity index (χ2n) is 12.4. The van der Waals surface area contributed by atoms with Crippen LogP contribution in [0.4, 0.5) is 24.5 Å². The van der Waals surface area contributed by atoms with Crippen molar-refractivity contribution in [1.29, 1.82) is 0 Å². The molecule has 0 atom stereocenters. The highest BCUT2D eigenvalue weighted by molar-refractivity contribution is 5.96. The number of ether oxygens (including phenoxy) is 11. The van der Waals surface area contributed by atoms with Crippen molar-refractivity contribution in [2.75, 3.05) is 137 Å². The van der Waals surface area contributed by atoms with Crippen molar-refractivity contribution < 1.29 is 74.9 Å². The first-order valence-electron chi connectivity index (χ1n) is 19.9. The summed E-state index contributed by atoms with van der Waals surface area (Å²) >= 11 is 0. The highest BCUT2D eigenvalue weighted by Crippen LogP contribution is 2.32. The number of benzene rings is 2. The summed E-state index contributed by atoms with van der Waals surface area (Å²) < 4.78 is 98.6. The van der Waals surface area contributed by atoms with Crippen molar-refractivity contribution in [2.45, 2.75) is 45.2 Å². The van der Waals surface area contributed by atoms with Crippen LogP contribution in [0.2, 0.25) is 0 Å². The molecule has 0 radical (unpaired) electrons. The number of rotatable bonds is 38. The molecule has 0 aliphatic heterocycles. The number of halogens is 3. The quantitative estimate of drug-likeness (QED) is 0.0599. The van der Waals surface area contributed by atoms with Gasteiger partial charge in [-0.25, -0.2) is 4.79 Å². The van der Waals surface area contributed by atoms with Gasteiger partial charge in [0.2, 0.25) is 0 Å². The molecule has 0 amide bonds. The Morgan fingerprint density at radius 1 is 0.517 bits per heavy atom. The van der Waals surface area contributed by atoms with E-state index in [4.69, 9.17) is 52.1 Å². The summed E-state index contributed by atoms with van der Waals surface area (Å²) in [5, 5.41) is 2.86. The molecule has 14 nitrogen and oxygen atoms in total. The maximum Gasteiger partial charge on any atom is 0.416 e. The SMILES string of the molecule is CCCCCCC(=O)OCCOCCOCCOCCOCCOCCOCCOCCOCCOCCOC(=O)c1ccccc1Nc1cccc(C(F)(F)F)c1. The molecule has 2 aromatic rings. The molecular formula is C41H62F3NO13. The van der Waals surface area contributed by atoms with E-state index in [1.54, 1.807) is 18.2 Å². The molecule has 58 heavy (non-hydrogen) atoms. The van der Waals surface area contributed by atoms with Crippen LogP contribution in [0, 0.1) is 0 Å². The molecule has 330 valence electrons. The number of esters is 2. The molecule has 2 rings (SSSR count). The Labute approximate surface area is 340 Å². The number of carbonyl (C=O) groups excluding carboxylic acids is 2. The van der Waals surface area contributed by atoms with Crippen LogP contribution in [-0.4, -0.2) is 144 Å². The molecule has 1 N–H and O–H groups in total. The van der Waals surface area contributed by atoms with Crippen molar-refractivity contribution in [3.8, 4) is 0 Å². The maximum absolute atomic E-state index is 13.1. The highest BCUT2D eigenvalue weighted by Gasteiger charge is 2.30. The van der Waals surface area contributed by atoms with Gasteiger partial charge < -0.3 is 57.4 Å². The third kappa shape index (κ3) is 27.3. The maximum atomic E-state index is 13.1. The highest BCUT2D eigenvalue weighted by atomic mass is 19.4. The lowest BCUT2D eigenvalue weighted by Crippen LogP contribution is -2.16. The molecule has 0 spiro atoms. The summed E-state index contributed by atoms with van der Waals surface area (Å²) in [6, 6.07) is 11.1. The van der Waals surface area contributed by atoms with E-state index in [9.17, 15) is 22.8 Å².